The molecule has 5 nitrogen and oxygen atoms in total. The van der Waals surface area contributed by atoms with Gasteiger partial charge in [-0.15, -0.1) is 0 Å². The van der Waals surface area contributed by atoms with Crippen LogP contribution in [-0.4, -0.2) is 23.3 Å². The molecular formula is C26H30N2O3. The number of fused-ring (bicyclic) bond motifs is 2. The first-order valence-corrected chi connectivity index (χ1v) is 11.3. The molecule has 5 heteroatoms. The van der Waals surface area contributed by atoms with Crippen molar-refractivity contribution in [2.75, 3.05) is 0 Å². The predicted octanol–water partition coefficient (Wildman–Crippen LogP) is 3.62. The van der Waals surface area contributed by atoms with Gasteiger partial charge in [0.25, 0.3) is 5.91 Å². The van der Waals surface area contributed by atoms with Gasteiger partial charge in [0.05, 0.1) is 0 Å². The Kier molecular flexibility index (Phi) is 5.94. The van der Waals surface area contributed by atoms with Crippen molar-refractivity contribution in [1.29, 1.82) is 0 Å². The molecule has 0 saturated carbocycles. The minimum Gasteiger partial charge on any atom is -0.323 e. The summed E-state index contributed by atoms with van der Waals surface area (Å²) in [4.78, 5) is 34.5. The molecule has 1 spiro atoms. The molecule has 2 aromatic rings. The van der Waals surface area contributed by atoms with Crippen LogP contribution in [0.5, 0.6) is 0 Å². The lowest BCUT2D eigenvalue weighted by Crippen LogP contribution is -2.51. The molecule has 1 unspecified atom stereocenters. The van der Waals surface area contributed by atoms with Crippen molar-refractivity contribution in [1.82, 2.24) is 10.6 Å². The van der Waals surface area contributed by atoms with Gasteiger partial charge >= 0.3 is 6.03 Å². The fourth-order valence-corrected chi connectivity index (χ4v) is 5.16. The standard InChI is InChI=1S/C14H16N2O2.C12H14O/c1-2-9-4-3-5-10-8-14(7-6-11(9)10)12(17)15-13(18)16-14;1-2-9-4-3-5-10-8-11(13)6-7-12(9)10/h3-5H,2,6-8H2,1H3,(H2,15,16,17,18);3-5H,2,6-8H2,1H3. The summed E-state index contributed by atoms with van der Waals surface area (Å²) in [7, 11) is 0. The largest absolute Gasteiger partial charge is 0.323 e. The number of carbonyl (C=O) groups excluding carboxylic acids is 3. The van der Waals surface area contributed by atoms with Crippen molar-refractivity contribution in [3.8, 4) is 0 Å². The van der Waals surface area contributed by atoms with Crippen LogP contribution < -0.4 is 10.6 Å². The molecular weight excluding hydrogens is 388 g/mol. The summed E-state index contributed by atoms with van der Waals surface area (Å²) in [5.41, 5.74) is 7.31. The lowest BCUT2D eigenvalue weighted by molar-refractivity contribution is -0.124. The summed E-state index contributed by atoms with van der Waals surface area (Å²) in [5, 5.41) is 5.15. The lowest BCUT2D eigenvalue weighted by atomic mass is 9.76. The molecule has 1 atom stereocenters. The Hall–Kier alpha value is -2.95. The lowest BCUT2D eigenvalue weighted by Gasteiger charge is -2.32. The first-order chi connectivity index (χ1) is 15.0. The number of urea groups is 1. The first-order valence-electron chi connectivity index (χ1n) is 11.3. The molecule has 3 amide bonds. The van der Waals surface area contributed by atoms with Gasteiger partial charge in [0.2, 0.25) is 0 Å². The minimum atomic E-state index is -0.712. The topological polar surface area (TPSA) is 75.3 Å². The van der Waals surface area contributed by atoms with Crippen molar-refractivity contribution in [3.05, 3.63) is 69.8 Å². The van der Waals surface area contributed by atoms with Crippen molar-refractivity contribution < 1.29 is 14.4 Å². The summed E-state index contributed by atoms with van der Waals surface area (Å²) in [6.45, 7) is 4.32. The van der Waals surface area contributed by atoms with Gasteiger partial charge in [0, 0.05) is 19.3 Å². The van der Waals surface area contributed by atoms with Gasteiger partial charge in [-0.3, -0.25) is 14.9 Å². The zero-order chi connectivity index (χ0) is 22.0. The van der Waals surface area contributed by atoms with Crippen molar-refractivity contribution in [2.45, 2.75) is 70.8 Å². The van der Waals surface area contributed by atoms with E-state index in [1.165, 1.54) is 33.4 Å². The van der Waals surface area contributed by atoms with Crippen LogP contribution in [0.4, 0.5) is 4.79 Å². The maximum Gasteiger partial charge on any atom is 0.322 e. The van der Waals surface area contributed by atoms with Gasteiger partial charge in [0.1, 0.15) is 11.3 Å². The highest BCUT2D eigenvalue weighted by Gasteiger charge is 2.47. The fourth-order valence-electron chi connectivity index (χ4n) is 5.16. The Morgan fingerprint density at radius 1 is 0.839 bits per heavy atom. The molecule has 1 saturated heterocycles. The Morgan fingerprint density at radius 2 is 1.48 bits per heavy atom. The summed E-state index contributed by atoms with van der Waals surface area (Å²) < 4.78 is 0. The van der Waals surface area contributed by atoms with Crippen LogP contribution in [-0.2, 0) is 48.1 Å². The second-order valence-electron chi connectivity index (χ2n) is 8.70. The molecule has 3 aliphatic rings. The Balaban J connectivity index is 0.000000158. The normalized spacial score (nSPS) is 21.5. The van der Waals surface area contributed by atoms with Gasteiger partial charge in [-0.05, 0) is 65.5 Å². The highest BCUT2D eigenvalue weighted by Crippen LogP contribution is 2.32. The third-order valence-corrected chi connectivity index (χ3v) is 6.85. The highest BCUT2D eigenvalue weighted by atomic mass is 16.2. The van der Waals surface area contributed by atoms with Crippen molar-refractivity contribution >= 4 is 17.7 Å². The van der Waals surface area contributed by atoms with Crippen LogP contribution >= 0.6 is 0 Å². The monoisotopic (exact) mass is 418 g/mol. The zero-order valence-electron chi connectivity index (χ0n) is 18.3. The number of Topliss-reactive ketones (excluding diaryl/α,β-unsaturated/α-hetero) is 1. The van der Waals surface area contributed by atoms with Crippen LogP contribution in [0.1, 0.15) is 60.1 Å². The molecule has 162 valence electrons. The second kappa shape index (κ2) is 8.66. The van der Waals surface area contributed by atoms with E-state index in [1.807, 2.05) is 6.07 Å². The van der Waals surface area contributed by atoms with E-state index < -0.39 is 5.54 Å². The van der Waals surface area contributed by atoms with Crippen LogP contribution in [0.2, 0.25) is 0 Å². The zero-order valence-corrected chi connectivity index (χ0v) is 18.3. The second-order valence-corrected chi connectivity index (χ2v) is 8.70. The average molecular weight is 419 g/mol. The van der Waals surface area contributed by atoms with E-state index in [0.717, 1.165) is 32.1 Å². The molecule has 0 bridgehead atoms. The number of benzene rings is 2. The maximum atomic E-state index is 11.9. The Morgan fingerprint density at radius 3 is 2.10 bits per heavy atom. The van der Waals surface area contributed by atoms with E-state index in [4.69, 9.17) is 0 Å². The van der Waals surface area contributed by atoms with E-state index in [2.05, 4.69) is 54.8 Å². The molecule has 1 fully saturated rings. The van der Waals surface area contributed by atoms with Gasteiger partial charge in [-0.2, -0.15) is 0 Å². The molecule has 1 heterocycles. The van der Waals surface area contributed by atoms with Gasteiger partial charge < -0.3 is 5.32 Å². The number of hydrogen-bond acceptors (Lipinski definition) is 3. The number of aryl methyl sites for hydroxylation is 2. The minimum absolute atomic E-state index is 0.181. The molecule has 1 aliphatic heterocycles. The van der Waals surface area contributed by atoms with Gasteiger partial charge in [-0.1, -0.05) is 50.2 Å². The number of nitrogens with one attached hydrogen (secondary N) is 2. The fraction of sp³-hybridized carbons (Fsp3) is 0.423. The molecule has 0 radical (unpaired) electrons. The number of imide groups is 1. The molecule has 5 rings (SSSR count). The summed E-state index contributed by atoms with van der Waals surface area (Å²) in [6.07, 6.45) is 6.59. The van der Waals surface area contributed by atoms with E-state index >= 15 is 0 Å². The summed E-state index contributed by atoms with van der Waals surface area (Å²) >= 11 is 0. The van der Waals surface area contributed by atoms with E-state index in [1.54, 1.807) is 0 Å². The smallest absolute Gasteiger partial charge is 0.322 e. The van der Waals surface area contributed by atoms with Crippen LogP contribution in [0, 0.1) is 0 Å². The number of carbonyl (C=O) groups is 3. The van der Waals surface area contributed by atoms with Crippen molar-refractivity contribution in [2.24, 2.45) is 0 Å². The third-order valence-electron chi connectivity index (χ3n) is 6.85. The number of amides is 3. The molecule has 0 aromatic heterocycles. The first kappa shape index (κ1) is 21.3. The average Bonchev–Trinajstić information content (AvgIpc) is 3.04. The van der Waals surface area contributed by atoms with E-state index in [-0.39, 0.29) is 11.9 Å². The predicted molar refractivity (Wildman–Crippen MR) is 120 cm³/mol. The Bertz CT molecular complexity index is 1040. The molecule has 2 aliphatic carbocycles. The number of rotatable bonds is 2. The molecule has 2 N–H and O–H groups in total. The van der Waals surface area contributed by atoms with Gasteiger partial charge in [0.15, 0.2) is 0 Å². The third kappa shape index (κ3) is 4.14. The number of ketones is 1. The van der Waals surface area contributed by atoms with Crippen LogP contribution in [0.15, 0.2) is 36.4 Å². The van der Waals surface area contributed by atoms with Crippen LogP contribution in [0.25, 0.3) is 0 Å². The highest BCUT2D eigenvalue weighted by molar-refractivity contribution is 6.07. The quantitative estimate of drug-likeness (QED) is 0.732. The summed E-state index contributed by atoms with van der Waals surface area (Å²) in [5.74, 6) is 0.209. The molecule has 31 heavy (non-hydrogen) atoms. The van der Waals surface area contributed by atoms with Crippen LogP contribution in [0.3, 0.4) is 0 Å². The van der Waals surface area contributed by atoms with E-state index in [9.17, 15) is 14.4 Å². The van der Waals surface area contributed by atoms with E-state index in [0.29, 0.717) is 25.0 Å². The molecule has 2 aromatic carbocycles. The maximum absolute atomic E-state index is 11.9. The summed E-state index contributed by atoms with van der Waals surface area (Å²) in [6, 6.07) is 12.2. The van der Waals surface area contributed by atoms with Crippen molar-refractivity contribution in [3.63, 3.8) is 0 Å². The van der Waals surface area contributed by atoms with Gasteiger partial charge in [-0.25, -0.2) is 4.79 Å². The number of hydrogen-bond donors (Lipinski definition) is 2. The SMILES string of the molecule is CCc1cccc2c1CCC(=O)C2.CCc1cccc2c1CCC1(C2)NC(=O)NC1=O. The Labute approximate surface area is 183 Å².